The van der Waals surface area contributed by atoms with Gasteiger partial charge in [0.05, 0.1) is 0 Å². The molecule has 2 heterocycles. The number of para-hydroxylation sites is 1. The highest BCUT2D eigenvalue weighted by Gasteiger charge is 2.40. The summed E-state index contributed by atoms with van der Waals surface area (Å²) in [6, 6.07) is 10.2. The van der Waals surface area contributed by atoms with Gasteiger partial charge in [-0.05, 0) is 18.6 Å². The Morgan fingerprint density at radius 2 is 2.11 bits per heavy atom. The van der Waals surface area contributed by atoms with E-state index in [0.717, 1.165) is 31.7 Å². The lowest BCUT2D eigenvalue weighted by molar-refractivity contribution is 0.113. The number of carbonyl (C=O) groups is 1. The molecule has 1 aromatic rings. The first-order valence-corrected chi connectivity index (χ1v) is 6.84. The van der Waals surface area contributed by atoms with Gasteiger partial charge in [-0.15, -0.1) is 0 Å². The van der Waals surface area contributed by atoms with Crippen LogP contribution in [0.1, 0.15) is 6.42 Å². The van der Waals surface area contributed by atoms with Crippen molar-refractivity contribution in [1.82, 2.24) is 9.80 Å². The molecule has 2 aliphatic heterocycles. The minimum Gasteiger partial charge on any atom is -0.329 e. The van der Waals surface area contributed by atoms with Gasteiger partial charge in [0.25, 0.3) is 0 Å². The van der Waals surface area contributed by atoms with Gasteiger partial charge in [0.15, 0.2) is 0 Å². The first-order chi connectivity index (χ1) is 9.28. The van der Waals surface area contributed by atoms with Crippen LogP contribution in [0.5, 0.6) is 0 Å². The first kappa shape index (κ1) is 12.4. The number of nitrogens with zero attached hydrogens (tertiary/aromatic N) is 2. The monoisotopic (exact) mass is 260 g/mol. The van der Waals surface area contributed by atoms with Crippen molar-refractivity contribution >= 4 is 11.7 Å². The van der Waals surface area contributed by atoms with E-state index in [4.69, 9.17) is 5.73 Å². The molecule has 2 amide bonds. The number of piperazine rings is 1. The van der Waals surface area contributed by atoms with E-state index >= 15 is 0 Å². The lowest BCUT2D eigenvalue weighted by Crippen LogP contribution is -2.57. The summed E-state index contributed by atoms with van der Waals surface area (Å²) in [4.78, 5) is 16.7. The van der Waals surface area contributed by atoms with Crippen LogP contribution in [0.3, 0.4) is 0 Å². The summed E-state index contributed by atoms with van der Waals surface area (Å²) in [5.41, 5.74) is 6.65. The van der Waals surface area contributed by atoms with Crippen molar-refractivity contribution in [3.63, 3.8) is 0 Å². The van der Waals surface area contributed by atoms with Crippen LogP contribution < -0.4 is 11.1 Å². The molecule has 5 heteroatoms. The Morgan fingerprint density at radius 1 is 1.32 bits per heavy atom. The minimum atomic E-state index is -0.00352. The van der Waals surface area contributed by atoms with Crippen LogP contribution in [0.4, 0.5) is 10.5 Å². The Balaban J connectivity index is 1.69. The zero-order valence-corrected chi connectivity index (χ0v) is 11.0. The van der Waals surface area contributed by atoms with E-state index in [1.165, 1.54) is 0 Å². The van der Waals surface area contributed by atoms with Crippen molar-refractivity contribution in [1.29, 1.82) is 0 Å². The van der Waals surface area contributed by atoms with Crippen molar-refractivity contribution in [3.05, 3.63) is 30.3 Å². The molecule has 0 radical (unpaired) electrons. The van der Waals surface area contributed by atoms with Crippen molar-refractivity contribution in [2.45, 2.75) is 18.5 Å². The number of amides is 2. The third-order valence-electron chi connectivity index (χ3n) is 4.12. The van der Waals surface area contributed by atoms with Crippen LogP contribution >= 0.6 is 0 Å². The van der Waals surface area contributed by atoms with Gasteiger partial charge in [0.1, 0.15) is 0 Å². The molecule has 102 valence electrons. The van der Waals surface area contributed by atoms with Crippen LogP contribution in [0.2, 0.25) is 0 Å². The van der Waals surface area contributed by atoms with Gasteiger partial charge >= 0.3 is 6.03 Å². The van der Waals surface area contributed by atoms with E-state index in [0.29, 0.717) is 18.6 Å². The Morgan fingerprint density at radius 3 is 2.84 bits per heavy atom. The van der Waals surface area contributed by atoms with E-state index in [9.17, 15) is 4.79 Å². The first-order valence-electron chi connectivity index (χ1n) is 6.84. The number of benzene rings is 1. The lowest BCUT2D eigenvalue weighted by Gasteiger charge is -2.39. The van der Waals surface area contributed by atoms with Gasteiger partial charge in [0, 0.05) is 44.0 Å². The molecule has 3 unspecified atom stereocenters. The molecule has 1 aromatic carbocycles. The predicted octanol–water partition coefficient (Wildman–Crippen LogP) is 0.936. The summed E-state index contributed by atoms with van der Waals surface area (Å²) in [5.74, 6) is 0. The standard InChI is InChI=1S/C14H20N4O/c15-8-13-10-18(12-6-7-17(13)9-12)14(19)16-11-4-2-1-3-5-11/h1-5,12-13H,6-10,15H2,(H,16,19). The van der Waals surface area contributed by atoms with Gasteiger partial charge < -0.3 is 16.0 Å². The van der Waals surface area contributed by atoms with Crippen LogP contribution in [0, 0.1) is 0 Å². The highest BCUT2D eigenvalue weighted by atomic mass is 16.2. The number of nitrogens with one attached hydrogen (secondary N) is 1. The summed E-state index contributed by atoms with van der Waals surface area (Å²) in [7, 11) is 0. The molecule has 0 aromatic heterocycles. The fraction of sp³-hybridized carbons (Fsp3) is 0.500. The van der Waals surface area contributed by atoms with Crippen molar-refractivity contribution in [2.75, 3.05) is 31.5 Å². The summed E-state index contributed by atoms with van der Waals surface area (Å²) in [6.45, 7) is 3.37. The predicted molar refractivity (Wildman–Crippen MR) is 75.0 cm³/mol. The number of hydrogen-bond donors (Lipinski definition) is 2. The molecular formula is C14H20N4O. The third-order valence-corrected chi connectivity index (χ3v) is 4.12. The maximum absolute atomic E-state index is 12.4. The summed E-state index contributed by atoms with van der Waals surface area (Å²) in [5, 5.41) is 2.97. The molecule has 2 aliphatic rings. The van der Waals surface area contributed by atoms with Gasteiger partial charge in [-0.1, -0.05) is 18.2 Å². The van der Waals surface area contributed by atoms with E-state index in [2.05, 4.69) is 10.2 Å². The zero-order valence-electron chi connectivity index (χ0n) is 11.0. The van der Waals surface area contributed by atoms with Crippen LogP contribution in [-0.2, 0) is 0 Å². The van der Waals surface area contributed by atoms with Gasteiger partial charge in [-0.2, -0.15) is 0 Å². The number of nitrogens with two attached hydrogens (primary N) is 1. The topological polar surface area (TPSA) is 61.6 Å². The number of carbonyl (C=O) groups excluding carboxylic acids is 1. The number of urea groups is 1. The van der Waals surface area contributed by atoms with Gasteiger partial charge in [-0.3, -0.25) is 4.90 Å². The normalized spacial score (nSPS) is 29.3. The molecule has 2 fully saturated rings. The lowest BCUT2D eigenvalue weighted by atomic mass is 10.1. The fourth-order valence-corrected chi connectivity index (χ4v) is 3.03. The highest BCUT2D eigenvalue weighted by Crippen LogP contribution is 2.25. The molecule has 2 bridgehead atoms. The second-order valence-corrected chi connectivity index (χ2v) is 5.28. The SMILES string of the molecule is NCC1CN(C(=O)Nc2ccccc2)C2CCN1C2. The zero-order chi connectivity index (χ0) is 13.2. The average molecular weight is 260 g/mol. The fourth-order valence-electron chi connectivity index (χ4n) is 3.03. The Labute approximate surface area is 113 Å². The smallest absolute Gasteiger partial charge is 0.322 e. The number of hydrogen-bond acceptors (Lipinski definition) is 3. The Hall–Kier alpha value is -1.59. The van der Waals surface area contributed by atoms with E-state index in [-0.39, 0.29) is 6.03 Å². The number of fused-ring (bicyclic) bond motifs is 2. The Bertz CT molecular complexity index is 450. The maximum Gasteiger partial charge on any atom is 0.322 e. The summed E-state index contributed by atoms with van der Waals surface area (Å²) < 4.78 is 0. The molecule has 19 heavy (non-hydrogen) atoms. The Kier molecular flexibility index (Phi) is 3.40. The van der Waals surface area contributed by atoms with E-state index in [1.54, 1.807) is 0 Å². The molecule has 2 saturated heterocycles. The van der Waals surface area contributed by atoms with E-state index in [1.807, 2.05) is 35.2 Å². The van der Waals surface area contributed by atoms with Crippen molar-refractivity contribution < 1.29 is 4.79 Å². The van der Waals surface area contributed by atoms with Gasteiger partial charge in [0.2, 0.25) is 0 Å². The van der Waals surface area contributed by atoms with Crippen molar-refractivity contribution in [2.24, 2.45) is 5.73 Å². The summed E-state index contributed by atoms with van der Waals surface area (Å²) in [6.07, 6.45) is 1.05. The molecule has 0 spiro atoms. The third kappa shape index (κ3) is 2.43. The number of rotatable bonds is 2. The molecule has 0 saturated carbocycles. The highest BCUT2D eigenvalue weighted by molar-refractivity contribution is 5.89. The van der Waals surface area contributed by atoms with E-state index < -0.39 is 0 Å². The largest absolute Gasteiger partial charge is 0.329 e. The maximum atomic E-state index is 12.4. The second-order valence-electron chi connectivity index (χ2n) is 5.28. The van der Waals surface area contributed by atoms with Crippen LogP contribution in [0.15, 0.2) is 30.3 Å². The minimum absolute atomic E-state index is 0.00352. The molecule has 3 N–H and O–H groups in total. The molecule has 0 aliphatic carbocycles. The molecular weight excluding hydrogens is 240 g/mol. The molecule has 3 atom stereocenters. The molecule has 5 nitrogen and oxygen atoms in total. The average Bonchev–Trinajstić information content (AvgIpc) is 2.84. The second kappa shape index (κ2) is 5.19. The van der Waals surface area contributed by atoms with Crippen molar-refractivity contribution in [3.8, 4) is 0 Å². The van der Waals surface area contributed by atoms with Gasteiger partial charge in [-0.25, -0.2) is 4.79 Å². The summed E-state index contributed by atoms with van der Waals surface area (Å²) >= 11 is 0. The van der Waals surface area contributed by atoms with Crippen LogP contribution in [-0.4, -0.2) is 54.1 Å². The van der Waals surface area contributed by atoms with Crippen LogP contribution in [0.25, 0.3) is 0 Å². The molecule has 3 rings (SSSR count). The quantitative estimate of drug-likeness (QED) is 0.832. The number of anilines is 1.